The van der Waals surface area contributed by atoms with Crippen LogP contribution < -0.4 is 9.64 Å². The molecule has 0 atom stereocenters. The first-order chi connectivity index (χ1) is 11.2. The second-order valence-corrected chi connectivity index (χ2v) is 6.10. The van der Waals surface area contributed by atoms with E-state index in [1.807, 2.05) is 24.3 Å². The zero-order valence-corrected chi connectivity index (χ0v) is 12.8. The first-order valence-corrected chi connectivity index (χ1v) is 8.11. The van der Waals surface area contributed by atoms with Crippen molar-refractivity contribution in [2.24, 2.45) is 0 Å². The van der Waals surface area contributed by atoms with Gasteiger partial charge in [-0.15, -0.1) is 0 Å². The summed E-state index contributed by atoms with van der Waals surface area (Å²) in [6.07, 6.45) is 4.17. The quantitative estimate of drug-likeness (QED) is 0.849. The molecule has 1 heterocycles. The van der Waals surface area contributed by atoms with Gasteiger partial charge in [0.1, 0.15) is 17.3 Å². The van der Waals surface area contributed by atoms with E-state index in [1.54, 1.807) is 11.0 Å². The average Bonchev–Trinajstić information content (AvgIpc) is 3.20. The molecule has 23 heavy (non-hydrogen) atoms. The summed E-state index contributed by atoms with van der Waals surface area (Å²) < 4.78 is 19.7. The SMILES string of the molecule is O=C1CCCN1c1ccc(Oc2ccc(F)c3c2CCC3)cc1. The lowest BCUT2D eigenvalue weighted by atomic mass is 10.1. The smallest absolute Gasteiger partial charge is 0.227 e. The molecule has 0 radical (unpaired) electrons. The van der Waals surface area contributed by atoms with Crippen LogP contribution in [-0.2, 0) is 17.6 Å². The average molecular weight is 311 g/mol. The van der Waals surface area contributed by atoms with Crippen LogP contribution in [0.3, 0.4) is 0 Å². The molecule has 0 saturated carbocycles. The Hall–Kier alpha value is -2.36. The van der Waals surface area contributed by atoms with E-state index in [4.69, 9.17) is 4.74 Å². The molecule has 1 fully saturated rings. The first kappa shape index (κ1) is 14.2. The fourth-order valence-electron chi connectivity index (χ4n) is 3.47. The molecule has 0 N–H and O–H groups in total. The fraction of sp³-hybridized carbons (Fsp3) is 0.316. The molecule has 1 saturated heterocycles. The van der Waals surface area contributed by atoms with E-state index in [0.29, 0.717) is 12.2 Å². The summed E-state index contributed by atoms with van der Waals surface area (Å²) >= 11 is 0. The first-order valence-electron chi connectivity index (χ1n) is 8.11. The third-order valence-corrected chi connectivity index (χ3v) is 4.63. The van der Waals surface area contributed by atoms with Crippen LogP contribution in [0.1, 0.15) is 30.4 Å². The van der Waals surface area contributed by atoms with E-state index in [1.165, 1.54) is 6.07 Å². The summed E-state index contributed by atoms with van der Waals surface area (Å²) in [6.45, 7) is 0.782. The number of hydrogen-bond acceptors (Lipinski definition) is 2. The molecule has 0 spiro atoms. The van der Waals surface area contributed by atoms with E-state index in [0.717, 1.165) is 54.8 Å². The molecular formula is C19H18FNO2. The van der Waals surface area contributed by atoms with Crippen molar-refractivity contribution in [1.82, 2.24) is 0 Å². The number of fused-ring (bicyclic) bond motifs is 1. The summed E-state index contributed by atoms with van der Waals surface area (Å²) in [5, 5.41) is 0. The molecule has 1 amide bonds. The highest BCUT2D eigenvalue weighted by molar-refractivity contribution is 5.95. The van der Waals surface area contributed by atoms with Crippen molar-refractivity contribution in [3.05, 3.63) is 53.3 Å². The topological polar surface area (TPSA) is 29.5 Å². The molecule has 2 aliphatic rings. The zero-order valence-electron chi connectivity index (χ0n) is 12.8. The number of rotatable bonds is 3. The Morgan fingerprint density at radius 3 is 2.43 bits per heavy atom. The number of halogens is 1. The van der Waals surface area contributed by atoms with Crippen LogP contribution in [0.5, 0.6) is 11.5 Å². The van der Waals surface area contributed by atoms with Gasteiger partial charge in [0, 0.05) is 24.2 Å². The summed E-state index contributed by atoms with van der Waals surface area (Å²) in [5.41, 5.74) is 2.69. The van der Waals surface area contributed by atoms with Crippen molar-refractivity contribution in [3.8, 4) is 11.5 Å². The second-order valence-electron chi connectivity index (χ2n) is 6.10. The van der Waals surface area contributed by atoms with E-state index in [2.05, 4.69) is 0 Å². The number of anilines is 1. The predicted octanol–water partition coefficient (Wildman–Crippen LogP) is 4.23. The van der Waals surface area contributed by atoms with Crippen LogP contribution in [0.25, 0.3) is 0 Å². The van der Waals surface area contributed by atoms with Gasteiger partial charge in [0.25, 0.3) is 0 Å². The molecule has 1 aliphatic heterocycles. The molecule has 118 valence electrons. The van der Waals surface area contributed by atoms with Gasteiger partial charge in [0.05, 0.1) is 0 Å². The van der Waals surface area contributed by atoms with Crippen LogP contribution in [-0.4, -0.2) is 12.5 Å². The maximum absolute atomic E-state index is 13.8. The molecule has 1 aliphatic carbocycles. The van der Waals surface area contributed by atoms with Crippen LogP contribution in [0.2, 0.25) is 0 Å². The van der Waals surface area contributed by atoms with Crippen molar-refractivity contribution in [3.63, 3.8) is 0 Å². The number of nitrogens with zero attached hydrogens (tertiary/aromatic N) is 1. The molecule has 0 aromatic heterocycles. The minimum absolute atomic E-state index is 0.132. The highest BCUT2D eigenvalue weighted by atomic mass is 19.1. The fourth-order valence-corrected chi connectivity index (χ4v) is 3.47. The molecular weight excluding hydrogens is 293 g/mol. The molecule has 3 nitrogen and oxygen atoms in total. The van der Waals surface area contributed by atoms with E-state index in [-0.39, 0.29) is 11.7 Å². The Bertz CT molecular complexity index is 755. The van der Waals surface area contributed by atoms with Crippen LogP contribution in [0.4, 0.5) is 10.1 Å². The van der Waals surface area contributed by atoms with Gasteiger partial charge >= 0.3 is 0 Å². The molecule has 2 aromatic rings. The maximum Gasteiger partial charge on any atom is 0.227 e. The minimum Gasteiger partial charge on any atom is -0.457 e. The summed E-state index contributed by atoms with van der Waals surface area (Å²) in [5.74, 6) is 1.49. The third kappa shape index (κ3) is 2.58. The Kier molecular flexibility index (Phi) is 3.52. The minimum atomic E-state index is -0.132. The van der Waals surface area contributed by atoms with Crippen molar-refractivity contribution in [2.75, 3.05) is 11.4 Å². The zero-order chi connectivity index (χ0) is 15.8. The van der Waals surface area contributed by atoms with Gasteiger partial charge in [0.15, 0.2) is 0 Å². The number of amides is 1. The highest BCUT2D eigenvalue weighted by Gasteiger charge is 2.22. The summed E-state index contributed by atoms with van der Waals surface area (Å²) in [6, 6.07) is 10.7. The Morgan fingerprint density at radius 2 is 1.70 bits per heavy atom. The molecule has 4 rings (SSSR count). The Balaban J connectivity index is 1.56. The van der Waals surface area contributed by atoms with Crippen molar-refractivity contribution in [2.45, 2.75) is 32.1 Å². The van der Waals surface area contributed by atoms with Crippen LogP contribution in [0, 0.1) is 5.82 Å². The number of benzene rings is 2. The van der Waals surface area contributed by atoms with Crippen LogP contribution >= 0.6 is 0 Å². The molecule has 0 unspecified atom stereocenters. The Morgan fingerprint density at radius 1 is 0.913 bits per heavy atom. The van der Waals surface area contributed by atoms with Gasteiger partial charge in [-0.2, -0.15) is 0 Å². The normalized spacial score (nSPS) is 16.7. The van der Waals surface area contributed by atoms with Gasteiger partial charge in [-0.3, -0.25) is 4.79 Å². The van der Waals surface area contributed by atoms with Gasteiger partial charge in [0.2, 0.25) is 5.91 Å². The lowest BCUT2D eigenvalue weighted by Crippen LogP contribution is -2.23. The van der Waals surface area contributed by atoms with Crippen LogP contribution in [0.15, 0.2) is 36.4 Å². The van der Waals surface area contributed by atoms with Gasteiger partial charge in [-0.05, 0) is 67.6 Å². The van der Waals surface area contributed by atoms with Crippen molar-refractivity contribution >= 4 is 11.6 Å². The van der Waals surface area contributed by atoms with Gasteiger partial charge < -0.3 is 9.64 Å². The molecule has 2 aromatic carbocycles. The van der Waals surface area contributed by atoms with Crippen molar-refractivity contribution in [1.29, 1.82) is 0 Å². The highest BCUT2D eigenvalue weighted by Crippen LogP contribution is 2.35. The third-order valence-electron chi connectivity index (χ3n) is 4.63. The number of carbonyl (C=O) groups is 1. The number of carbonyl (C=O) groups excluding carboxylic acids is 1. The standard InChI is InChI=1S/C19H18FNO2/c20-17-10-11-18(16-4-1-3-15(16)17)23-14-8-6-13(7-9-14)21-12-2-5-19(21)22/h6-11H,1-5,12H2. The summed E-state index contributed by atoms with van der Waals surface area (Å²) in [4.78, 5) is 13.6. The molecule has 4 heteroatoms. The summed E-state index contributed by atoms with van der Waals surface area (Å²) in [7, 11) is 0. The van der Waals surface area contributed by atoms with Gasteiger partial charge in [-0.25, -0.2) is 4.39 Å². The van der Waals surface area contributed by atoms with E-state index >= 15 is 0 Å². The monoisotopic (exact) mass is 311 g/mol. The molecule has 0 bridgehead atoms. The number of ether oxygens (including phenoxy) is 1. The van der Waals surface area contributed by atoms with E-state index < -0.39 is 0 Å². The van der Waals surface area contributed by atoms with Gasteiger partial charge in [-0.1, -0.05) is 0 Å². The second kappa shape index (κ2) is 5.69. The number of hydrogen-bond donors (Lipinski definition) is 0. The predicted molar refractivity (Wildman–Crippen MR) is 86.5 cm³/mol. The lowest BCUT2D eigenvalue weighted by molar-refractivity contribution is -0.117. The van der Waals surface area contributed by atoms with E-state index in [9.17, 15) is 9.18 Å². The Labute approximate surface area is 134 Å². The maximum atomic E-state index is 13.8. The lowest BCUT2D eigenvalue weighted by Gasteiger charge is -2.16. The van der Waals surface area contributed by atoms with Crippen molar-refractivity contribution < 1.29 is 13.9 Å². The largest absolute Gasteiger partial charge is 0.457 e.